The fraction of sp³-hybridized carbons (Fsp3) is 0.381. The SMILES string of the molecule is COc1ccc(OC)c(C2CCCN2CC(=O)Nc2ccccc2SC(F)F)c1. The van der Waals surface area contributed by atoms with Crippen LogP contribution < -0.4 is 14.8 Å². The van der Waals surface area contributed by atoms with Crippen LogP contribution in [-0.2, 0) is 4.79 Å². The molecule has 0 aromatic heterocycles. The molecule has 2 aromatic carbocycles. The number of methoxy groups -OCH3 is 2. The third-order valence-electron chi connectivity index (χ3n) is 4.88. The van der Waals surface area contributed by atoms with Crippen molar-refractivity contribution in [2.75, 3.05) is 32.6 Å². The molecule has 8 heteroatoms. The number of hydrogen-bond acceptors (Lipinski definition) is 5. The molecular weight excluding hydrogens is 398 g/mol. The number of rotatable bonds is 8. The van der Waals surface area contributed by atoms with Gasteiger partial charge in [0, 0.05) is 16.5 Å². The summed E-state index contributed by atoms with van der Waals surface area (Å²) in [6, 6.07) is 12.3. The number of amides is 1. The van der Waals surface area contributed by atoms with Crippen LogP contribution in [0.25, 0.3) is 0 Å². The molecule has 1 amide bonds. The van der Waals surface area contributed by atoms with E-state index in [0.29, 0.717) is 22.3 Å². The fourth-order valence-electron chi connectivity index (χ4n) is 3.61. The Bertz CT molecular complexity index is 850. The highest BCUT2D eigenvalue weighted by Crippen LogP contribution is 2.39. The molecule has 0 aliphatic carbocycles. The first kappa shape index (κ1) is 21.4. The predicted molar refractivity (Wildman–Crippen MR) is 110 cm³/mol. The molecule has 1 fully saturated rings. The molecule has 0 spiro atoms. The first-order valence-corrected chi connectivity index (χ1v) is 10.2. The quantitative estimate of drug-likeness (QED) is 0.620. The smallest absolute Gasteiger partial charge is 0.288 e. The molecule has 1 unspecified atom stereocenters. The number of benzene rings is 2. The minimum Gasteiger partial charge on any atom is -0.497 e. The van der Waals surface area contributed by atoms with Crippen molar-refractivity contribution >= 4 is 23.4 Å². The zero-order valence-corrected chi connectivity index (χ0v) is 17.2. The number of carbonyl (C=O) groups excluding carboxylic acids is 1. The van der Waals surface area contributed by atoms with Crippen molar-refractivity contribution in [1.29, 1.82) is 0 Å². The van der Waals surface area contributed by atoms with Gasteiger partial charge in [-0.25, -0.2) is 0 Å². The van der Waals surface area contributed by atoms with Crippen LogP contribution in [0.3, 0.4) is 0 Å². The summed E-state index contributed by atoms with van der Waals surface area (Å²) in [5.41, 5.74) is 1.38. The molecule has 2 aromatic rings. The van der Waals surface area contributed by atoms with Gasteiger partial charge in [0.05, 0.1) is 26.5 Å². The second-order valence-electron chi connectivity index (χ2n) is 6.66. The van der Waals surface area contributed by atoms with E-state index in [1.165, 1.54) is 0 Å². The lowest BCUT2D eigenvalue weighted by Crippen LogP contribution is -2.33. The highest BCUT2D eigenvalue weighted by Gasteiger charge is 2.30. The van der Waals surface area contributed by atoms with Crippen molar-refractivity contribution in [3.8, 4) is 11.5 Å². The van der Waals surface area contributed by atoms with Crippen LogP contribution in [-0.4, -0.2) is 43.9 Å². The molecule has 1 atom stereocenters. The Morgan fingerprint density at radius 3 is 2.76 bits per heavy atom. The molecule has 0 bridgehead atoms. The number of hydrogen-bond donors (Lipinski definition) is 1. The normalized spacial score (nSPS) is 16.8. The Morgan fingerprint density at radius 1 is 1.24 bits per heavy atom. The largest absolute Gasteiger partial charge is 0.497 e. The Labute approximate surface area is 173 Å². The van der Waals surface area contributed by atoms with Gasteiger partial charge >= 0.3 is 0 Å². The van der Waals surface area contributed by atoms with E-state index in [2.05, 4.69) is 10.2 Å². The van der Waals surface area contributed by atoms with E-state index in [-0.39, 0.29) is 18.5 Å². The predicted octanol–water partition coefficient (Wildman–Crippen LogP) is 4.79. The second kappa shape index (κ2) is 9.93. The van der Waals surface area contributed by atoms with Crippen LogP contribution in [0.4, 0.5) is 14.5 Å². The summed E-state index contributed by atoms with van der Waals surface area (Å²) in [4.78, 5) is 15.1. The van der Waals surface area contributed by atoms with E-state index in [0.717, 1.165) is 36.4 Å². The Balaban J connectivity index is 1.73. The van der Waals surface area contributed by atoms with Gasteiger partial charge in [0.25, 0.3) is 5.76 Å². The number of carbonyl (C=O) groups is 1. The molecule has 1 N–H and O–H groups in total. The number of ether oxygens (including phenoxy) is 2. The summed E-state index contributed by atoms with van der Waals surface area (Å²) < 4.78 is 36.4. The van der Waals surface area contributed by atoms with Gasteiger partial charge in [-0.15, -0.1) is 0 Å². The maximum Gasteiger partial charge on any atom is 0.288 e. The topological polar surface area (TPSA) is 50.8 Å². The molecule has 3 rings (SSSR count). The molecule has 0 saturated carbocycles. The number of alkyl halides is 2. The zero-order chi connectivity index (χ0) is 20.8. The number of thioether (sulfide) groups is 1. The molecule has 0 radical (unpaired) electrons. The van der Waals surface area contributed by atoms with Gasteiger partial charge in [-0.2, -0.15) is 8.78 Å². The molecule has 29 heavy (non-hydrogen) atoms. The summed E-state index contributed by atoms with van der Waals surface area (Å²) >= 11 is 0.424. The van der Waals surface area contributed by atoms with Crippen molar-refractivity contribution < 1.29 is 23.0 Å². The maximum absolute atomic E-state index is 12.8. The maximum atomic E-state index is 12.8. The van der Waals surface area contributed by atoms with Gasteiger partial charge in [-0.05, 0) is 49.7 Å². The summed E-state index contributed by atoms with van der Waals surface area (Å²) in [5, 5.41) is 2.78. The van der Waals surface area contributed by atoms with E-state index in [1.807, 2.05) is 18.2 Å². The first-order valence-electron chi connectivity index (χ1n) is 9.31. The Hall–Kier alpha value is -2.32. The van der Waals surface area contributed by atoms with Gasteiger partial charge in [0.1, 0.15) is 11.5 Å². The van der Waals surface area contributed by atoms with Crippen LogP contribution in [0, 0.1) is 0 Å². The van der Waals surface area contributed by atoms with Gasteiger partial charge in [0.15, 0.2) is 0 Å². The van der Waals surface area contributed by atoms with E-state index < -0.39 is 5.76 Å². The standard InChI is InChI=1S/C21H24F2N2O3S/c1-27-14-9-10-18(28-2)15(12-14)17-7-5-11-25(17)13-20(26)24-16-6-3-4-8-19(16)29-21(22)23/h3-4,6,8-10,12,17,21H,5,7,11,13H2,1-2H3,(H,24,26). The van der Waals surface area contributed by atoms with Crippen LogP contribution in [0.5, 0.6) is 11.5 Å². The Morgan fingerprint density at radius 2 is 2.03 bits per heavy atom. The number of halogens is 2. The van der Waals surface area contributed by atoms with Crippen LogP contribution in [0.15, 0.2) is 47.4 Å². The van der Waals surface area contributed by atoms with Gasteiger partial charge in [-0.1, -0.05) is 23.9 Å². The Kier molecular flexibility index (Phi) is 7.33. The lowest BCUT2D eigenvalue weighted by molar-refractivity contribution is -0.117. The van der Waals surface area contributed by atoms with E-state index in [1.54, 1.807) is 38.5 Å². The van der Waals surface area contributed by atoms with Gasteiger partial charge < -0.3 is 14.8 Å². The third-order valence-corrected chi connectivity index (χ3v) is 5.67. The minimum absolute atomic E-state index is 0.0245. The van der Waals surface area contributed by atoms with Crippen LogP contribution in [0.1, 0.15) is 24.4 Å². The lowest BCUT2D eigenvalue weighted by Gasteiger charge is -2.26. The number of nitrogens with zero attached hydrogens (tertiary/aromatic N) is 1. The summed E-state index contributed by atoms with van der Waals surface area (Å²) in [5.74, 6) is -1.30. The highest BCUT2D eigenvalue weighted by atomic mass is 32.2. The van der Waals surface area contributed by atoms with Crippen molar-refractivity contribution in [1.82, 2.24) is 4.90 Å². The van der Waals surface area contributed by atoms with E-state index >= 15 is 0 Å². The summed E-state index contributed by atoms with van der Waals surface area (Å²) in [6.45, 7) is 0.935. The fourth-order valence-corrected chi connectivity index (χ4v) is 4.21. The number of nitrogens with one attached hydrogen (secondary N) is 1. The molecule has 1 aliphatic heterocycles. The number of anilines is 1. The molecule has 156 valence electrons. The second-order valence-corrected chi connectivity index (χ2v) is 7.69. The average Bonchev–Trinajstić information content (AvgIpc) is 3.16. The molecule has 5 nitrogen and oxygen atoms in total. The van der Waals surface area contributed by atoms with Gasteiger partial charge in [-0.3, -0.25) is 9.69 Å². The van der Waals surface area contributed by atoms with Crippen molar-refractivity contribution in [3.05, 3.63) is 48.0 Å². The monoisotopic (exact) mass is 422 g/mol. The van der Waals surface area contributed by atoms with E-state index in [4.69, 9.17) is 9.47 Å². The highest BCUT2D eigenvalue weighted by molar-refractivity contribution is 7.99. The first-order chi connectivity index (χ1) is 14.0. The van der Waals surface area contributed by atoms with Crippen molar-refractivity contribution in [2.45, 2.75) is 29.5 Å². The molecule has 1 saturated heterocycles. The number of para-hydroxylation sites is 1. The lowest BCUT2D eigenvalue weighted by atomic mass is 10.0. The van der Waals surface area contributed by atoms with Gasteiger partial charge in [0.2, 0.25) is 5.91 Å². The molecular formula is C21H24F2N2O3S. The zero-order valence-electron chi connectivity index (χ0n) is 16.4. The van der Waals surface area contributed by atoms with Crippen molar-refractivity contribution in [2.24, 2.45) is 0 Å². The third kappa shape index (κ3) is 5.39. The van der Waals surface area contributed by atoms with Crippen molar-refractivity contribution in [3.63, 3.8) is 0 Å². The molecule has 1 heterocycles. The van der Waals surface area contributed by atoms with E-state index in [9.17, 15) is 13.6 Å². The van der Waals surface area contributed by atoms with Crippen LogP contribution >= 0.6 is 11.8 Å². The average molecular weight is 422 g/mol. The molecule has 1 aliphatic rings. The minimum atomic E-state index is -2.54. The van der Waals surface area contributed by atoms with Crippen LogP contribution in [0.2, 0.25) is 0 Å². The number of likely N-dealkylation sites (tertiary alicyclic amines) is 1. The summed E-state index contributed by atoms with van der Waals surface area (Å²) in [6.07, 6.45) is 1.85. The summed E-state index contributed by atoms with van der Waals surface area (Å²) in [7, 11) is 3.23.